The normalized spacial score (nSPS) is 44.3. The molecule has 0 amide bonds. The number of hydrogen-bond donors (Lipinski definition) is 0. The van der Waals surface area contributed by atoms with E-state index >= 15 is 0 Å². The summed E-state index contributed by atoms with van der Waals surface area (Å²) in [6.07, 6.45) is 3.56. The Morgan fingerprint density at radius 3 is 2.50 bits per heavy atom. The minimum absolute atomic E-state index is 0.116. The van der Waals surface area contributed by atoms with Crippen molar-refractivity contribution in [3.63, 3.8) is 0 Å². The van der Waals surface area contributed by atoms with Gasteiger partial charge >= 0.3 is 0 Å². The van der Waals surface area contributed by atoms with Crippen LogP contribution in [0.3, 0.4) is 0 Å². The van der Waals surface area contributed by atoms with Gasteiger partial charge in [0.2, 0.25) is 0 Å². The van der Waals surface area contributed by atoms with Crippen LogP contribution in [0.2, 0.25) is 0 Å². The Hall–Kier alpha value is -0.300. The molecule has 2 aliphatic rings. The number of allylic oxidation sites excluding steroid dienone is 1. The summed E-state index contributed by atoms with van der Waals surface area (Å²) in [4.78, 5) is 0. The van der Waals surface area contributed by atoms with Crippen LogP contribution in [0.4, 0.5) is 0 Å². The molecule has 0 aromatic heterocycles. The van der Waals surface area contributed by atoms with E-state index in [4.69, 9.17) is 4.74 Å². The van der Waals surface area contributed by atoms with Gasteiger partial charge in [0.05, 0.1) is 6.61 Å². The second-order valence-electron chi connectivity index (χ2n) is 4.86. The third kappa shape index (κ3) is 0.779. The van der Waals surface area contributed by atoms with E-state index in [0.717, 1.165) is 12.5 Å². The molecule has 2 rings (SSSR count). The summed E-state index contributed by atoms with van der Waals surface area (Å²) < 4.78 is 5.67. The summed E-state index contributed by atoms with van der Waals surface area (Å²) in [5, 5.41) is 0. The van der Waals surface area contributed by atoms with Crippen molar-refractivity contribution in [2.75, 3.05) is 6.61 Å². The standard InChI is InChI=1S/C11H18O/c1-8-5-6-9(2)11(7-12-11)10(8,3)4/h6,8H,5,7H2,1-4H3/t8-,11+/m0/s1. The first kappa shape index (κ1) is 8.31. The predicted octanol–water partition coefficient (Wildman–Crippen LogP) is 2.77. The first-order valence-electron chi connectivity index (χ1n) is 4.82. The predicted molar refractivity (Wildman–Crippen MR) is 50.0 cm³/mol. The fourth-order valence-corrected chi connectivity index (χ4v) is 2.39. The summed E-state index contributed by atoms with van der Waals surface area (Å²) in [5.74, 6) is 0.740. The highest BCUT2D eigenvalue weighted by atomic mass is 16.6. The summed E-state index contributed by atoms with van der Waals surface area (Å²) in [5.41, 5.74) is 1.89. The van der Waals surface area contributed by atoms with Crippen molar-refractivity contribution in [2.24, 2.45) is 11.3 Å². The van der Waals surface area contributed by atoms with Gasteiger partial charge in [-0.25, -0.2) is 0 Å². The second-order valence-corrected chi connectivity index (χ2v) is 4.86. The highest BCUT2D eigenvalue weighted by Crippen LogP contribution is 2.56. The second kappa shape index (κ2) is 2.14. The van der Waals surface area contributed by atoms with Crippen LogP contribution in [0.25, 0.3) is 0 Å². The number of ether oxygens (including phenoxy) is 1. The average Bonchev–Trinajstić information content (AvgIpc) is 2.76. The van der Waals surface area contributed by atoms with E-state index in [0.29, 0.717) is 5.41 Å². The molecule has 1 spiro atoms. The van der Waals surface area contributed by atoms with Gasteiger partial charge in [-0.3, -0.25) is 0 Å². The molecular formula is C11H18O. The topological polar surface area (TPSA) is 12.5 Å². The lowest BCUT2D eigenvalue weighted by Crippen LogP contribution is -2.42. The number of epoxide rings is 1. The summed E-state index contributed by atoms with van der Waals surface area (Å²) in [7, 11) is 0. The fourth-order valence-electron chi connectivity index (χ4n) is 2.39. The van der Waals surface area contributed by atoms with Gasteiger partial charge in [0.25, 0.3) is 0 Å². The van der Waals surface area contributed by atoms with Crippen LogP contribution >= 0.6 is 0 Å². The molecule has 12 heavy (non-hydrogen) atoms. The van der Waals surface area contributed by atoms with Crippen molar-refractivity contribution in [2.45, 2.75) is 39.7 Å². The minimum Gasteiger partial charge on any atom is -0.364 e. The zero-order valence-corrected chi connectivity index (χ0v) is 8.48. The zero-order chi connectivity index (χ0) is 8.98. The lowest BCUT2D eigenvalue weighted by atomic mass is 9.63. The van der Waals surface area contributed by atoms with Crippen molar-refractivity contribution in [1.29, 1.82) is 0 Å². The average molecular weight is 166 g/mol. The molecule has 1 aliphatic heterocycles. The Morgan fingerprint density at radius 2 is 2.08 bits per heavy atom. The van der Waals surface area contributed by atoms with Gasteiger partial charge in [0, 0.05) is 5.41 Å². The smallest absolute Gasteiger partial charge is 0.118 e. The summed E-state index contributed by atoms with van der Waals surface area (Å²) in [6.45, 7) is 10.1. The monoisotopic (exact) mass is 166 g/mol. The molecule has 1 saturated heterocycles. The van der Waals surface area contributed by atoms with Gasteiger partial charge in [0.1, 0.15) is 5.60 Å². The summed E-state index contributed by atoms with van der Waals surface area (Å²) >= 11 is 0. The first-order valence-corrected chi connectivity index (χ1v) is 4.82. The Bertz CT molecular complexity index is 233. The highest BCUT2D eigenvalue weighted by molar-refractivity contribution is 5.30. The van der Waals surface area contributed by atoms with Crippen molar-refractivity contribution < 1.29 is 4.74 Å². The molecule has 1 nitrogen and oxygen atoms in total. The van der Waals surface area contributed by atoms with Crippen LogP contribution in [-0.4, -0.2) is 12.2 Å². The molecule has 0 unspecified atom stereocenters. The van der Waals surface area contributed by atoms with E-state index in [-0.39, 0.29) is 5.60 Å². The molecule has 2 atom stereocenters. The van der Waals surface area contributed by atoms with Gasteiger partial charge < -0.3 is 4.74 Å². The lowest BCUT2D eigenvalue weighted by Gasteiger charge is -2.41. The molecule has 1 aliphatic carbocycles. The van der Waals surface area contributed by atoms with Gasteiger partial charge in [-0.15, -0.1) is 0 Å². The van der Waals surface area contributed by atoms with Crippen molar-refractivity contribution >= 4 is 0 Å². The maximum absolute atomic E-state index is 5.67. The first-order chi connectivity index (χ1) is 5.51. The van der Waals surface area contributed by atoms with Crippen molar-refractivity contribution in [1.82, 2.24) is 0 Å². The van der Waals surface area contributed by atoms with Crippen LogP contribution in [0.15, 0.2) is 11.6 Å². The van der Waals surface area contributed by atoms with Crippen molar-refractivity contribution in [3.05, 3.63) is 11.6 Å². The number of hydrogen-bond acceptors (Lipinski definition) is 1. The van der Waals surface area contributed by atoms with Gasteiger partial charge in [-0.1, -0.05) is 26.8 Å². The van der Waals surface area contributed by atoms with Gasteiger partial charge in [-0.05, 0) is 24.8 Å². The molecule has 1 fully saturated rings. The summed E-state index contributed by atoms with van der Waals surface area (Å²) in [6, 6.07) is 0. The van der Waals surface area contributed by atoms with Gasteiger partial charge in [0.15, 0.2) is 0 Å². The third-order valence-corrected chi connectivity index (χ3v) is 4.12. The Labute approximate surface area is 74.8 Å². The molecule has 0 bridgehead atoms. The van der Waals surface area contributed by atoms with E-state index < -0.39 is 0 Å². The molecular weight excluding hydrogens is 148 g/mol. The maximum atomic E-state index is 5.67. The Balaban J connectivity index is 2.40. The maximum Gasteiger partial charge on any atom is 0.118 e. The quantitative estimate of drug-likeness (QED) is 0.398. The van der Waals surface area contributed by atoms with Gasteiger partial charge in [-0.2, -0.15) is 0 Å². The highest BCUT2D eigenvalue weighted by Gasteiger charge is 2.60. The molecule has 0 N–H and O–H groups in total. The van der Waals surface area contributed by atoms with E-state index in [1.165, 1.54) is 12.0 Å². The van der Waals surface area contributed by atoms with E-state index in [2.05, 4.69) is 33.8 Å². The molecule has 0 aromatic carbocycles. The molecule has 0 aromatic rings. The van der Waals surface area contributed by atoms with Crippen LogP contribution < -0.4 is 0 Å². The largest absolute Gasteiger partial charge is 0.364 e. The molecule has 1 heteroatoms. The molecule has 0 saturated carbocycles. The lowest BCUT2D eigenvalue weighted by molar-refractivity contribution is 0.0940. The molecule has 0 radical (unpaired) electrons. The Morgan fingerprint density at radius 1 is 1.50 bits per heavy atom. The van der Waals surface area contributed by atoms with Crippen LogP contribution in [0.1, 0.15) is 34.1 Å². The fraction of sp³-hybridized carbons (Fsp3) is 0.818. The van der Waals surface area contributed by atoms with E-state index in [1.807, 2.05) is 0 Å². The zero-order valence-electron chi connectivity index (χ0n) is 8.48. The Kier molecular flexibility index (Phi) is 1.48. The molecule has 68 valence electrons. The van der Waals surface area contributed by atoms with E-state index in [9.17, 15) is 0 Å². The van der Waals surface area contributed by atoms with Crippen molar-refractivity contribution in [3.8, 4) is 0 Å². The number of rotatable bonds is 0. The van der Waals surface area contributed by atoms with Crippen LogP contribution in [0, 0.1) is 11.3 Å². The third-order valence-electron chi connectivity index (χ3n) is 4.12. The minimum atomic E-state index is 0.116. The van der Waals surface area contributed by atoms with Crippen LogP contribution in [-0.2, 0) is 4.74 Å². The van der Waals surface area contributed by atoms with Crippen LogP contribution in [0.5, 0.6) is 0 Å². The molecule has 1 heterocycles. The van der Waals surface area contributed by atoms with E-state index in [1.54, 1.807) is 0 Å². The SMILES string of the molecule is CC1=CC[C@H](C)C(C)(C)[C@@]12CO2.